The summed E-state index contributed by atoms with van der Waals surface area (Å²) in [7, 11) is 0. The fourth-order valence-electron chi connectivity index (χ4n) is 1.19. The Morgan fingerprint density at radius 1 is 1.50 bits per heavy atom. The quantitative estimate of drug-likeness (QED) is 0.746. The fourth-order valence-corrected chi connectivity index (χ4v) is 1.19. The monoisotopic (exact) mass is 196 g/mol. The first kappa shape index (κ1) is 11.2. The third kappa shape index (κ3) is 3.47. The van der Waals surface area contributed by atoms with E-state index in [4.69, 9.17) is 5.73 Å². The molecule has 0 aliphatic rings. The average Bonchev–Trinajstić information content (AvgIpc) is 2.48. The van der Waals surface area contributed by atoms with Gasteiger partial charge in [0.25, 0.3) is 0 Å². The van der Waals surface area contributed by atoms with Gasteiger partial charge in [-0.1, -0.05) is 0 Å². The lowest BCUT2D eigenvalue weighted by atomic mass is 10.1. The molecule has 0 radical (unpaired) electrons. The maximum atomic E-state index is 5.50. The molecule has 0 saturated heterocycles. The van der Waals surface area contributed by atoms with Crippen LogP contribution in [0.2, 0.25) is 0 Å². The summed E-state index contributed by atoms with van der Waals surface area (Å²) in [6.45, 7) is 8.77. The summed E-state index contributed by atoms with van der Waals surface area (Å²) in [6, 6.07) is 0. The highest BCUT2D eigenvalue weighted by Crippen LogP contribution is 2.03. The third-order valence-electron chi connectivity index (χ3n) is 1.97. The first-order valence-corrected chi connectivity index (χ1v) is 4.97. The van der Waals surface area contributed by atoms with Gasteiger partial charge in [-0.25, -0.2) is 4.98 Å². The van der Waals surface area contributed by atoms with Crippen LogP contribution in [0, 0.1) is 0 Å². The molecule has 0 aliphatic carbocycles. The SMILES string of the molecule is CC(C)(C)NCc1cncn1CCN. The van der Waals surface area contributed by atoms with E-state index in [0.717, 1.165) is 13.1 Å². The Kier molecular flexibility index (Phi) is 3.66. The molecule has 4 heteroatoms. The fraction of sp³-hybridized carbons (Fsp3) is 0.700. The van der Waals surface area contributed by atoms with Gasteiger partial charge in [0.1, 0.15) is 0 Å². The minimum atomic E-state index is 0.137. The standard InChI is InChI=1S/C10H20N4/c1-10(2,3)13-7-9-6-12-8-14(9)5-4-11/h6,8,13H,4-5,7,11H2,1-3H3. The molecule has 14 heavy (non-hydrogen) atoms. The number of nitrogens with zero attached hydrogens (tertiary/aromatic N) is 2. The Bertz CT molecular complexity index is 272. The van der Waals surface area contributed by atoms with E-state index in [9.17, 15) is 0 Å². The highest BCUT2D eigenvalue weighted by molar-refractivity contribution is 4.98. The number of nitrogens with one attached hydrogen (secondary N) is 1. The van der Waals surface area contributed by atoms with Gasteiger partial charge in [-0.15, -0.1) is 0 Å². The van der Waals surface area contributed by atoms with Crippen LogP contribution in [-0.4, -0.2) is 21.6 Å². The maximum Gasteiger partial charge on any atom is 0.0949 e. The number of rotatable bonds is 4. The molecule has 1 heterocycles. The van der Waals surface area contributed by atoms with E-state index < -0.39 is 0 Å². The third-order valence-corrected chi connectivity index (χ3v) is 1.97. The molecule has 0 fully saturated rings. The molecular formula is C10H20N4. The molecule has 0 atom stereocenters. The van der Waals surface area contributed by atoms with Crippen LogP contribution < -0.4 is 11.1 Å². The number of hydrogen-bond acceptors (Lipinski definition) is 3. The summed E-state index contributed by atoms with van der Waals surface area (Å²) in [5, 5.41) is 3.42. The van der Waals surface area contributed by atoms with Crippen LogP contribution in [0.4, 0.5) is 0 Å². The van der Waals surface area contributed by atoms with Gasteiger partial charge in [-0.2, -0.15) is 0 Å². The van der Waals surface area contributed by atoms with Gasteiger partial charge in [0.2, 0.25) is 0 Å². The van der Waals surface area contributed by atoms with E-state index in [1.54, 1.807) is 0 Å². The van der Waals surface area contributed by atoms with Crippen LogP contribution >= 0.6 is 0 Å². The topological polar surface area (TPSA) is 55.9 Å². The lowest BCUT2D eigenvalue weighted by Gasteiger charge is -2.20. The molecule has 0 amide bonds. The Labute approximate surface area is 85.5 Å². The number of nitrogens with two attached hydrogens (primary N) is 1. The zero-order valence-corrected chi connectivity index (χ0v) is 9.25. The van der Waals surface area contributed by atoms with E-state index in [2.05, 4.69) is 35.6 Å². The first-order chi connectivity index (χ1) is 6.53. The second-order valence-corrected chi connectivity index (χ2v) is 4.47. The first-order valence-electron chi connectivity index (χ1n) is 4.97. The Morgan fingerprint density at radius 3 is 2.79 bits per heavy atom. The Balaban J connectivity index is 2.53. The molecule has 0 bridgehead atoms. The van der Waals surface area contributed by atoms with E-state index in [0.29, 0.717) is 6.54 Å². The minimum absolute atomic E-state index is 0.137. The molecular weight excluding hydrogens is 176 g/mol. The smallest absolute Gasteiger partial charge is 0.0949 e. The van der Waals surface area contributed by atoms with Crippen molar-refractivity contribution in [2.75, 3.05) is 6.54 Å². The van der Waals surface area contributed by atoms with Gasteiger partial charge in [0, 0.05) is 31.4 Å². The van der Waals surface area contributed by atoms with E-state index >= 15 is 0 Å². The zero-order valence-electron chi connectivity index (χ0n) is 9.25. The van der Waals surface area contributed by atoms with E-state index in [1.807, 2.05) is 12.5 Å². The molecule has 0 aromatic carbocycles. The van der Waals surface area contributed by atoms with E-state index in [-0.39, 0.29) is 5.54 Å². The van der Waals surface area contributed by atoms with Crippen molar-refractivity contribution in [2.45, 2.75) is 39.4 Å². The van der Waals surface area contributed by atoms with Gasteiger partial charge >= 0.3 is 0 Å². The molecule has 1 aromatic heterocycles. The molecule has 80 valence electrons. The van der Waals surface area contributed by atoms with Gasteiger partial charge in [-0.3, -0.25) is 0 Å². The molecule has 1 aromatic rings. The summed E-state index contributed by atoms with van der Waals surface area (Å²) in [5.41, 5.74) is 6.82. The number of aromatic nitrogens is 2. The van der Waals surface area contributed by atoms with Crippen molar-refractivity contribution in [1.29, 1.82) is 0 Å². The molecule has 1 rings (SSSR count). The number of hydrogen-bond donors (Lipinski definition) is 2. The second-order valence-electron chi connectivity index (χ2n) is 4.47. The van der Waals surface area contributed by atoms with Crippen molar-refractivity contribution in [3.63, 3.8) is 0 Å². The van der Waals surface area contributed by atoms with E-state index in [1.165, 1.54) is 5.69 Å². The maximum absolute atomic E-state index is 5.50. The summed E-state index contributed by atoms with van der Waals surface area (Å²) in [4.78, 5) is 4.11. The van der Waals surface area contributed by atoms with Crippen LogP contribution in [0.25, 0.3) is 0 Å². The Morgan fingerprint density at radius 2 is 2.21 bits per heavy atom. The van der Waals surface area contributed by atoms with Gasteiger partial charge < -0.3 is 15.6 Å². The van der Waals surface area contributed by atoms with Gasteiger partial charge in [0.05, 0.1) is 12.0 Å². The summed E-state index contributed by atoms with van der Waals surface area (Å²) >= 11 is 0. The molecule has 0 aliphatic heterocycles. The second kappa shape index (κ2) is 4.57. The molecule has 0 spiro atoms. The van der Waals surface area contributed by atoms with Crippen LogP contribution in [0.1, 0.15) is 26.5 Å². The lowest BCUT2D eigenvalue weighted by molar-refractivity contribution is 0.416. The highest BCUT2D eigenvalue weighted by Gasteiger charge is 2.09. The predicted molar refractivity (Wildman–Crippen MR) is 57.9 cm³/mol. The van der Waals surface area contributed by atoms with Crippen molar-refractivity contribution in [3.05, 3.63) is 18.2 Å². The molecule has 0 saturated carbocycles. The molecule has 3 N–H and O–H groups in total. The number of imidazole rings is 1. The zero-order chi connectivity index (χ0) is 10.6. The van der Waals surface area contributed by atoms with Gasteiger partial charge in [0.15, 0.2) is 0 Å². The summed E-state index contributed by atoms with van der Waals surface area (Å²) in [5.74, 6) is 0. The normalized spacial score (nSPS) is 12.0. The lowest BCUT2D eigenvalue weighted by Crippen LogP contribution is -2.35. The van der Waals surface area contributed by atoms with Crippen molar-refractivity contribution in [1.82, 2.24) is 14.9 Å². The van der Waals surface area contributed by atoms with Crippen molar-refractivity contribution in [2.24, 2.45) is 5.73 Å². The van der Waals surface area contributed by atoms with Gasteiger partial charge in [-0.05, 0) is 20.8 Å². The molecule has 0 unspecified atom stereocenters. The van der Waals surface area contributed by atoms with Crippen LogP contribution in [0.15, 0.2) is 12.5 Å². The van der Waals surface area contributed by atoms with Crippen LogP contribution in [0.3, 0.4) is 0 Å². The summed E-state index contributed by atoms with van der Waals surface area (Å²) in [6.07, 6.45) is 3.71. The predicted octanol–water partition coefficient (Wildman–Crippen LogP) is 0.730. The Hall–Kier alpha value is -0.870. The van der Waals surface area contributed by atoms with Crippen molar-refractivity contribution < 1.29 is 0 Å². The average molecular weight is 196 g/mol. The van der Waals surface area contributed by atoms with Crippen LogP contribution in [0.5, 0.6) is 0 Å². The van der Waals surface area contributed by atoms with Crippen LogP contribution in [-0.2, 0) is 13.1 Å². The largest absolute Gasteiger partial charge is 0.332 e. The highest BCUT2D eigenvalue weighted by atomic mass is 15.1. The van der Waals surface area contributed by atoms with Crippen molar-refractivity contribution in [3.8, 4) is 0 Å². The minimum Gasteiger partial charge on any atom is -0.332 e. The molecule has 4 nitrogen and oxygen atoms in total. The van der Waals surface area contributed by atoms with Crippen molar-refractivity contribution >= 4 is 0 Å². The summed E-state index contributed by atoms with van der Waals surface area (Å²) < 4.78 is 2.08.